The van der Waals surface area contributed by atoms with Gasteiger partial charge in [0.25, 0.3) is 10.0 Å². The molecule has 0 unspecified atom stereocenters. The highest BCUT2D eigenvalue weighted by atomic mass is 32.2. The van der Waals surface area contributed by atoms with E-state index in [9.17, 15) is 8.42 Å². The molecule has 5 rings (SSSR count). The lowest BCUT2D eigenvalue weighted by atomic mass is 10.2. The molecule has 5 nitrogen and oxygen atoms in total. The smallest absolute Gasteiger partial charge is 0.266 e. The van der Waals surface area contributed by atoms with Crippen LogP contribution in [0.15, 0.2) is 70.9 Å². The van der Waals surface area contributed by atoms with Gasteiger partial charge in [0.15, 0.2) is 0 Å². The van der Waals surface area contributed by atoms with Crippen LogP contribution in [0.3, 0.4) is 0 Å². The fourth-order valence-electron chi connectivity index (χ4n) is 3.95. The number of fused-ring (bicyclic) bond motifs is 1. The number of sulfonamides is 1. The first kappa shape index (κ1) is 19.1. The van der Waals surface area contributed by atoms with Crippen LogP contribution in [0.1, 0.15) is 11.3 Å². The minimum Gasteiger partial charge on any atom is -0.345 e. The maximum absolute atomic E-state index is 13.5. The van der Waals surface area contributed by atoms with Gasteiger partial charge in [-0.25, -0.2) is 13.4 Å². The Kier molecular flexibility index (Phi) is 4.52. The molecular weight excluding hydrogens is 414 g/mol. The average molecular weight is 436 g/mol. The van der Waals surface area contributed by atoms with Crippen LogP contribution in [0.4, 0.5) is 5.69 Å². The third-order valence-corrected chi connectivity index (χ3v) is 8.49. The van der Waals surface area contributed by atoms with E-state index in [1.807, 2.05) is 78.5 Å². The molecule has 30 heavy (non-hydrogen) atoms. The van der Waals surface area contributed by atoms with Crippen LogP contribution in [-0.2, 0) is 23.5 Å². The Labute approximate surface area is 180 Å². The minimum absolute atomic E-state index is 0.341. The zero-order chi connectivity index (χ0) is 20.9. The summed E-state index contributed by atoms with van der Waals surface area (Å²) >= 11 is 1.52. The molecule has 152 valence electrons. The summed E-state index contributed by atoms with van der Waals surface area (Å²) in [5, 5.41) is 2.82. The molecule has 0 aliphatic carbocycles. The molecule has 0 fully saturated rings. The van der Waals surface area contributed by atoms with Crippen LogP contribution in [0.5, 0.6) is 0 Å². The molecule has 0 saturated carbocycles. The lowest BCUT2D eigenvalue weighted by Gasteiger charge is -2.19. The van der Waals surface area contributed by atoms with Crippen molar-refractivity contribution in [2.24, 2.45) is 7.05 Å². The number of hydrogen-bond acceptors (Lipinski definition) is 4. The van der Waals surface area contributed by atoms with Gasteiger partial charge in [0.1, 0.15) is 9.90 Å². The summed E-state index contributed by atoms with van der Waals surface area (Å²) in [7, 11) is -1.75. The van der Waals surface area contributed by atoms with Gasteiger partial charge in [-0.2, -0.15) is 0 Å². The largest absolute Gasteiger partial charge is 0.345 e. The van der Waals surface area contributed by atoms with Crippen molar-refractivity contribution in [3.8, 4) is 22.0 Å². The maximum Gasteiger partial charge on any atom is 0.266 e. The molecule has 0 bridgehead atoms. The van der Waals surface area contributed by atoms with Gasteiger partial charge in [-0.15, -0.1) is 11.3 Å². The topological polar surface area (TPSA) is 55.2 Å². The first-order chi connectivity index (χ1) is 14.5. The standard InChI is InChI=1S/C23H21N3O2S2/c1-16-22(30(27,28)26-13-12-18-10-6-7-11-20(18)26)14-21(25(16)2)23-24-19(15-29-23)17-8-4-3-5-9-17/h3-11,14-15H,12-13H2,1-2H3. The minimum atomic E-state index is -3.65. The molecule has 2 aromatic heterocycles. The number of thiazole rings is 1. The van der Waals surface area contributed by atoms with Crippen LogP contribution in [-0.4, -0.2) is 24.5 Å². The first-order valence-corrected chi connectivity index (χ1v) is 12.1. The molecule has 0 atom stereocenters. The first-order valence-electron chi connectivity index (χ1n) is 9.75. The second kappa shape index (κ2) is 7.11. The van der Waals surface area contributed by atoms with Gasteiger partial charge in [0.2, 0.25) is 0 Å². The predicted octanol–water partition coefficient (Wildman–Crippen LogP) is 4.88. The van der Waals surface area contributed by atoms with E-state index in [1.54, 1.807) is 6.07 Å². The van der Waals surface area contributed by atoms with Gasteiger partial charge < -0.3 is 4.57 Å². The van der Waals surface area contributed by atoms with Crippen LogP contribution in [0.2, 0.25) is 0 Å². The number of aromatic nitrogens is 2. The Morgan fingerprint density at radius 1 is 1.03 bits per heavy atom. The second-order valence-corrected chi connectivity index (χ2v) is 10.1. The summed E-state index contributed by atoms with van der Waals surface area (Å²) in [6.45, 7) is 2.32. The van der Waals surface area contributed by atoms with Gasteiger partial charge in [-0.05, 0) is 31.0 Å². The van der Waals surface area contributed by atoms with Gasteiger partial charge >= 0.3 is 0 Å². The van der Waals surface area contributed by atoms with Crippen molar-refractivity contribution in [3.05, 3.63) is 77.3 Å². The van der Waals surface area contributed by atoms with E-state index in [4.69, 9.17) is 4.98 Å². The molecule has 0 radical (unpaired) electrons. The lowest BCUT2D eigenvalue weighted by molar-refractivity contribution is 0.591. The molecule has 4 aromatic rings. The molecule has 2 aromatic carbocycles. The summed E-state index contributed by atoms with van der Waals surface area (Å²) in [6.07, 6.45) is 0.737. The van der Waals surface area contributed by atoms with E-state index in [0.29, 0.717) is 17.1 Å². The zero-order valence-electron chi connectivity index (χ0n) is 16.7. The Balaban J connectivity index is 1.55. The van der Waals surface area contributed by atoms with Crippen molar-refractivity contribution >= 4 is 27.0 Å². The fourth-order valence-corrected chi connectivity index (χ4v) is 6.60. The monoisotopic (exact) mass is 435 g/mol. The van der Waals surface area contributed by atoms with Gasteiger partial charge in [-0.1, -0.05) is 48.5 Å². The molecule has 1 aliphatic heterocycles. The highest BCUT2D eigenvalue weighted by Gasteiger charge is 2.33. The summed E-state index contributed by atoms with van der Waals surface area (Å²) in [5.74, 6) is 0. The van der Waals surface area contributed by atoms with Gasteiger partial charge in [0.05, 0.1) is 17.1 Å². The molecule has 1 aliphatic rings. The summed E-state index contributed by atoms with van der Waals surface area (Å²) in [4.78, 5) is 5.11. The Morgan fingerprint density at radius 3 is 2.57 bits per heavy atom. The van der Waals surface area contributed by atoms with E-state index >= 15 is 0 Å². The highest BCUT2D eigenvalue weighted by molar-refractivity contribution is 7.93. The van der Waals surface area contributed by atoms with Crippen molar-refractivity contribution < 1.29 is 8.42 Å². The third-order valence-electron chi connectivity index (χ3n) is 5.69. The number of benzene rings is 2. The number of hydrogen-bond donors (Lipinski definition) is 0. The maximum atomic E-state index is 13.5. The quantitative estimate of drug-likeness (QED) is 0.459. The molecule has 0 amide bonds. The third kappa shape index (κ3) is 2.97. The van der Waals surface area contributed by atoms with Crippen molar-refractivity contribution in [2.75, 3.05) is 10.8 Å². The van der Waals surface area contributed by atoms with E-state index in [-0.39, 0.29) is 0 Å². The van der Waals surface area contributed by atoms with Crippen LogP contribution in [0, 0.1) is 6.92 Å². The molecule has 0 N–H and O–H groups in total. The lowest BCUT2D eigenvalue weighted by Crippen LogP contribution is -2.29. The van der Waals surface area contributed by atoms with E-state index in [2.05, 4.69) is 0 Å². The van der Waals surface area contributed by atoms with Crippen molar-refractivity contribution in [1.29, 1.82) is 0 Å². The average Bonchev–Trinajstić information content (AvgIpc) is 3.47. The molecule has 3 heterocycles. The summed E-state index contributed by atoms with van der Waals surface area (Å²) in [5.41, 5.74) is 5.32. The Hall–Kier alpha value is -2.90. The van der Waals surface area contributed by atoms with Gasteiger partial charge in [0, 0.05) is 30.2 Å². The van der Waals surface area contributed by atoms with Crippen LogP contribution >= 0.6 is 11.3 Å². The normalized spacial score (nSPS) is 13.6. The summed E-state index contributed by atoms with van der Waals surface area (Å²) in [6, 6.07) is 19.5. The highest BCUT2D eigenvalue weighted by Crippen LogP contribution is 2.37. The molecule has 0 saturated heterocycles. The number of para-hydroxylation sites is 1. The Bertz CT molecular complexity index is 1340. The van der Waals surface area contributed by atoms with E-state index < -0.39 is 10.0 Å². The predicted molar refractivity (Wildman–Crippen MR) is 121 cm³/mol. The number of nitrogens with zero attached hydrogens (tertiary/aromatic N) is 3. The van der Waals surface area contributed by atoms with Crippen molar-refractivity contribution in [1.82, 2.24) is 9.55 Å². The Morgan fingerprint density at radius 2 is 1.77 bits per heavy atom. The van der Waals surface area contributed by atoms with Crippen LogP contribution < -0.4 is 4.31 Å². The van der Waals surface area contributed by atoms with Crippen molar-refractivity contribution in [2.45, 2.75) is 18.2 Å². The van der Waals surface area contributed by atoms with Crippen LogP contribution in [0.25, 0.3) is 22.0 Å². The molecule has 0 spiro atoms. The number of rotatable bonds is 4. The summed E-state index contributed by atoms with van der Waals surface area (Å²) < 4.78 is 30.5. The zero-order valence-corrected chi connectivity index (χ0v) is 18.4. The number of anilines is 1. The fraction of sp³-hybridized carbons (Fsp3) is 0.174. The van der Waals surface area contributed by atoms with Gasteiger partial charge in [-0.3, -0.25) is 4.31 Å². The van der Waals surface area contributed by atoms with E-state index in [0.717, 1.165) is 39.6 Å². The second-order valence-electron chi connectivity index (χ2n) is 7.40. The molecular formula is C23H21N3O2S2. The molecule has 7 heteroatoms. The SMILES string of the molecule is Cc1c(S(=O)(=O)N2CCc3ccccc32)cc(-c2nc(-c3ccccc3)cs2)n1C. The van der Waals surface area contributed by atoms with Crippen molar-refractivity contribution in [3.63, 3.8) is 0 Å². The van der Waals surface area contributed by atoms with E-state index in [1.165, 1.54) is 15.6 Å².